The van der Waals surface area contributed by atoms with E-state index in [0.29, 0.717) is 29.8 Å². The Morgan fingerprint density at radius 3 is 2.03 bits per heavy atom. The summed E-state index contributed by atoms with van der Waals surface area (Å²) in [5, 5.41) is 20.8. The fraction of sp³-hybridized carbons (Fsp3) is 0.227. The Morgan fingerprint density at radius 1 is 1.07 bits per heavy atom. The van der Waals surface area contributed by atoms with Crippen LogP contribution in [-0.4, -0.2) is 35.8 Å². The van der Waals surface area contributed by atoms with E-state index in [1.807, 2.05) is 20.8 Å². The van der Waals surface area contributed by atoms with E-state index in [-0.39, 0.29) is 16.9 Å². The molecule has 0 atom stereocenters. The number of para-hydroxylation sites is 1. The second kappa shape index (κ2) is 13.4. The summed E-state index contributed by atoms with van der Waals surface area (Å²) >= 11 is 0. The highest BCUT2D eigenvalue weighted by Crippen LogP contribution is 2.21. The lowest BCUT2D eigenvalue weighted by Crippen LogP contribution is -2.14. The highest BCUT2D eigenvalue weighted by atomic mass is 16.3. The van der Waals surface area contributed by atoms with Crippen molar-refractivity contribution >= 4 is 29.9 Å². The minimum absolute atomic E-state index is 0.0347. The average molecular weight is 415 g/mol. The highest BCUT2D eigenvalue weighted by Gasteiger charge is 2.15. The highest BCUT2D eigenvalue weighted by molar-refractivity contribution is 5.91. The normalized spacial score (nSPS) is 11.2. The van der Waals surface area contributed by atoms with Crippen molar-refractivity contribution in [2.24, 2.45) is 16.1 Å². The number of carbonyl (C=O) groups is 2. The number of phenols is 1. The summed E-state index contributed by atoms with van der Waals surface area (Å²) in [6.45, 7) is 5.71. The molecule has 0 radical (unpaired) electrons. The maximum absolute atomic E-state index is 10.1. The molecule has 0 spiro atoms. The number of carbonyl (C=O) groups excluding carboxylic acids is 2. The summed E-state index contributed by atoms with van der Waals surface area (Å²) in [5.74, 6) is 0.630. The van der Waals surface area contributed by atoms with Gasteiger partial charge in [-0.1, -0.05) is 32.9 Å². The van der Waals surface area contributed by atoms with Crippen LogP contribution >= 0.6 is 0 Å². The van der Waals surface area contributed by atoms with E-state index in [0.717, 1.165) is 5.69 Å². The van der Waals surface area contributed by atoms with E-state index >= 15 is 0 Å². The van der Waals surface area contributed by atoms with Crippen molar-refractivity contribution in [2.75, 3.05) is 18.1 Å². The summed E-state index contributed by atoms with van der Waals surface area (Å²) in [5.41, 5.74) is 12.3. The van der Waals surface area contributed by atoms with E-state index in [2.05, 4.69) is 10.3 Å². The molecule has 0 bridgehead atoms. The van der Waals surface area contributed by atoms with Crippen molar-refractivity contribution in [3.63, 3.8) is 0 Å². The van der Waals surface area contributed by atoms with Crippen LogP contribution in [0.15, 0.2) is 65.4 Å². The third-order valence-electron chi connectivity index (χ3n) is 3.51. The monoisotopic (exact) mass is 414 g/mol. The molecule has 7 N–H and O–H groups in total. The van der Waals surface area contributed by atoms with Gasteiger partial charge in [0.15, 0.2) is 6.29 Å². The third-order valence-corrected chi connectivity index (χ3v) is 3.51. The van der Waals surface area contributed by atoms with Gasteiger partial charge in [-0.3, -0.25) is 14.6 Å². The van der Waals surface area contributed by atoms with Gasteiger partial charge in [-0.05, 0) is 36.4 Å². The molecule has 0 aliphatic rings. The molecule has 0 heterocycles. The number of aliphatic hydroxyl groups excluding tert-OH is 1. The molecule has 2 rings (SSSR count). The first kappa shape index (κ1) is 26.2. The quantitative estimate of drug-likeness (QED) is 0.170. The van der Waals surface area contributed by atoms with Crippen LogP contribution in [-0.2, 0) is 4.79 Å². The van der Waals surface area contributed by atoms with Gasteiger partial charge < -0.3 is 27.0 Å². The topological polar surface area (TPSA) is 151 Å². The average Bonchev–Trinajstić information content (AvgIpc) is 2.70. The maximum Gasteiger partial charge on any atom is 0.211 e. The number of phenolic OH excluding ortho intramolecular Hbond substituents is 1. The molecule has 0 aromatic heterocycles. The Labute approximate surface area is 176 Å². The van der Waals surface area contributed by atoms with Crippen molar-refractivity contribution in [1.29, 1.82) is 0 Å². The first-order valence-corrected chi connectivity index (χ1v) is 8.97. The molecule has 162 valence electrons. The van der Waals surface area contributed by atoms with Gasteiger partial charge >= 0.3 is 0 Å². The Kier molecular flexibility index (Phi) is 11.7. The van der Waals surface area contributed by atoms with Crippen molar-refractivity contribution in [2.45, 2.75) is 20.8 Å². The number of anilines is 2. The predicted octanol–water partition coefficient (Wildman–Crippen LogP) is 3.50. The van der Waals surface area contributed by atoms with Crippen LogP contribution in [0.1, 0.15) is 31.1 Å². The number of aromatic hydroxyl groups is 1. The van der Waals surface area contributed by atoms with Crippen molar-refractivity contribution in [1.82, 2.24) is 0 Å². The van der Waals surface area contributed by atoms with E-state index in [4.69, 9.17) is 16.6 Å². The number of amides is 1. The van der Waals surface area contributed by atoms with Gasteiger partial charge in [0.2, 0.25) is 6.41 Å². The molecule has 1 amide bonds. The van der Waals surface area contributed by atoms with E-state index in [9.17, 15) is 14.7 Å². The molecular weight excluding hydrogens is 384 g/mol. The molecule has 8 nitrogen and oxygen atoms in total. The number of rotatable bonds is 4. The largest absolute Gasteiger partial charge is 0.512 e. The van der Waals surface area contributed by atoms with Crippen molar-refractivity contribution in [3.8, 4) is 5.75 Å². The number of nitrogens with zero attached hydrogens (tertiary/aromatic N) is 1. The van der Waals surface area contributed by atoms with Gasteiger partial charge in [-0.15, -0.1) is 0 Å². The molecule has 0 fully saturated rings. The molecule has 30 heavy (non-hydrogen) atoms. The summed E-state index contributed by atoms with van der Waals surface area (Å²) in [7, 11) is 1.59. The molecule has 0 aliphatic carbocycles. The number of amidine groups is 1. The number of nitrogen functional groups attached to an aromatic ring is 1. The number of nitrogens with one attached hydrogen (secondary N) is 1. The van der Waals surface area contributed by atoms with Crippen LogP contribution < -0.4 is 16.8 Å². The van der Waals surface area contributed by atoms with Crippen LogP contribution in [0.4, 0.5) is 11.4 Å². The van der Waals surface area contributed by atoms with Crippen LogP contribution in [0.2, 0.25) is 0 Å². The fourth-order valence-electron chi connectivity index (χ4n) is 1.66. The number of aliphatic hydroxyl groups is 1. The smallest absolute Gasteiger partial charge is 0.211 e. The Balaban J connectivity index is 0.000000422. The molecular formula is C22H30N4O4. The van der Waals surface area contributed by atoms with Gasteiger partial charge in [-0.2, -0.15) is 0 Å². The summed E-state index contributed by atoms with van der Waals surface area (Å²) in [4.78, 5) is 23.7. The molecule has 0 saturated carbocycles. The van der Waals surface area contributed by atoms with E-state index < -0.39 is 0 Å². The predicted molar refractivity (Wildman–Crippen MR) is 122 cm³/mol. The molecule has 8 heteroatoms. The minimum atomic E-state index is -0.255. The number of allylic oxidation sites excluding steroid dienone is 1. The van der Waals surface area contributed by atoms with Crippen LogP contribution in [0, 0.1) is 5.41 Å². The molecule has 2 aromatic carbocycles. The Hall–Kier alpha value is -3.81. The summed E-state index contributed by atoms with van der Waals surface area (Å²) < 4.78 is 0. The van der Waals surface area contributed by atoms with E-state index in [1.165, 1.54) is 12.1 Å². The lowest BCUT2D eigenvalue weighted by Gasteiger charge is -2.16. The number of benzene rings is 2. The lowest BCUT2D eigenvalue weighted by atomic mass is 9.93. The minimum Gasteiger partial charge on any atom is -0.512 e. The van der Waals surface area contributed by atoms with Crippen molar-refractivity contribution < 1.29 is 19.8 Å². The lowest BCUT2D eigenvalue weighted by molar-refractivity contribution is -0.105. The molecule has 0 aliphatic heterocycles. The van der Waals surface area contributed by atoms with Crippen molar-refractivity contribution in [3.05, 3.63) is 65.9 Å². The number of aliphatic imine (C=N–C) groups is 1. The summed E-state index contributed by atoms with van der Waals surface area (Å²) in [6.07, 6.45) is 2.72. The zero-order chi connectivity index (χ0) is 23.2. The van der Waals surface area contributed by atoms with Gasteiger partial charge in [0.1, 0.15) is 17.3 Å². The van der Waals surface area contributed by atoms with Gasteiger partial charge in [0.25, 0.3) is 0 Å². The summed E-state index contributed by atoms with van der Waals surface area (Å²) in [6, 6.07) is 13.3. The first-order valence-electron chi connectivity index (χ1n) is 8.97. The number of hydrogen-bond donors (Lipinski definition) is 5. The van der Waals surface area contributed by atoms with Gasteiger partial charge in [0, 0.05) is 29.9 Å². The molecule has 2 aromatic rings. The van der Waals surface area contributed by atoms with Crippen LogP contribution in [0.3, 0.4) is 0 Å². The maximum atomic E-state index is 10.1. The standard InChI is InChI=1S/C8H16N2O.C7H8N2O.C7H6O2/c1-8(2,3)6(11)5-7(9)10-4;8-6-1-3-7(4-2-6)9-5-10;8-5-6-3-1-2-4-7(6)9/h5,11H,1-4H3,(H2,9,10);1-5H,8H2,(H,9,10);1-5,9H/b6-5-;;. The Morgan fingerprint density at radius 2 is 1.63 bits per heavy atom. The van der Waals surface area contributed by atoms with E-state index in [1.54, 1.807) is 49.5 Å². The molecule has 0 unspecified atom stereocenters. The van der Waals surface area contributed by atoms with Gasteiger partial charge in [-0.25, -0.2) is 0 Å². The van der Waals surface area contributed by atoms with Crippen LogP contribution in [0.5, 0.6) is 5.75 Å². The number of nitrogens with two attached hydrogens (primary N) is 2. The first-order chi connectivity index (χ1) is 14.0. The molecule has 0 saturated heterocycles. The number of hydrogen-bond acceptors (Lipinski definition) is 6. The zero-order valence-electron chi connectivity index (χ0n) is 17.7. The Bertz CT molecular complexity index is 854. The van der Waals surface area contributed by atoms with Crippen LogP contribution in [0.25, 0.3) is 0 Å². The fourth-order valence-corrected chi connectivity index (χ4v) is 1.66. The zero-order valence-corrected chi connectivity index (χ0v) is 17.7. The number of aldehydes is 1. The second-order valence-corrected chi connectivity index (χ2v) is 6.99. The van der Waals surface area contributed by atoms with Gasteiger partial charge in [0.05, 0.1) is 5.56 Å². The second-order valence-electron chi connectivity index (χ2n) is 6.99. The third kappa shape index (κ3) is 11.1. The SMILES string of the molecule is CN=C(N)/C=C(\O)C(C)(C)C.Nc1ccc(NC=O)cc1.O=Cc1ccccc1O.